The van der Waals surface area contributed by atoms with E-state index in [1.165, 1.54) is 4.52 Å². The molecule has 0 radical (unpaired) electrons. The van der Waals surface area contributed by atoms with Crippen LogP contribution in [-0.4, -0.2) is 40.1 Å². The molecule has 0 spiro atoms. The minimum atomic E-state index is -3.59. The molecule has 186 valence electrons. The number of hydrogen-bond acceptors (Lipinski definition) is 5. The summed E-state index contributed by atoms with van der Waals surface area (Å²) in [5.74, 6) is -0.310. The molecular weight excluding hydrogens is 478 g/mol. The fourth-order valence-corrected chi connectivity index (χ4v) is 5.28. The van der Waals surface area contributed by atoms with Crippen LogP contribution in [0.3, 0.4) is 0 Å². The van der Waals surface area contributed by atoms with E-state index in [0.717, 1.165) is 22.9 Å². The number of rotatable bonds is 4. The Morgan fingerprint density at radius 1 is 1.08 bits per heavy atom. The zero-order chi connectivity index (χ0) is 25.8. The summed E-state index contributed by atoms with van der Waals surface area (Å²) >= 11 is 0. The lowest BCUT2D eigenvalue weighted by molar-refractivity contribution is 0.0634. The van der Waals surface area contributed by atoms with Gasteiger partial charge in [-0.05, 0) is 50.5 Å². The minimum Gasteiger partial charge on any atom is -0.325 e. The number of nitrogens with one attached hydrogen (secondary N) is 2. The Labute approximate surface area is 208 Å². The van der Waals surface area contributed by atoms with Crippen molar-refractivity contribution in [1.29, 1.82) is 0 Å². The molecule has 3 heterocycles. The molecule has 0 saturated heterocycles. The summed E-state index contributed by atoms with van der Waals surface area (Å²) in [6.07, 6.45) is 1.59. The molecule has 2 aromatic heterocycles. The fraction of sp³-hybridized carbons (Fsp3) is 0.269. The van der Waals surface area contributed by atoms with Crippen molar-refractivity contribution in [3.8, 4) is 0 Å². The monoisotopic (exact) mass is 505 g/mol. The van der Waals surface area contributed by atoms with Crippen LogP contribution in [0.25, 0.3) is 5.65 Å². The number of fused-ring (bicyclic) bond motifs is 2. The van der Waals surface area contributed by atoms with Crippen molar-refractivity contribution in [1.82, 2.24) is 19.5 Å². The Kier molecular flexibility index (Phi) is 5.71. The minimum absolute atomic E-state index is 0.184. The lowest BCUT2D eigenvalue weighted by atomic mass is 9.91. The lowest BCUT2D eigenvalue weighted by Gasteiger charge is -2.37. The number of H-pyrrole nitrogens is 1. The predicted molar refractivity (Wildman–Crippen MR) is 138 cm³/mol. The van der Waals surface area contributed by atoms with Crippen LogP contribution in [0.4, 0.5) is 5.69 Å². The summed E-state index contributed by atoms with van der Waals surface area (Å²) in [5.41, 5.74) is 5.64. The summed E-state index contributed by atoms with van der Waals surface area (Å²) in [7, 11) is -3.59. The highest BCUT2D eigenvalue weighted by Crippen LogP contribution is 2.35. The average molecular weight is 506 g/mol. The number of aromatic nitrogens is 3. The van der Waals surface area contributed by atoms with Crippen molar-refractivity contribution in [2.24, 2.45) is 0 Å². The van der Waals surface area contributed by atoms with Crippen LogP contribution in [0, 0.1) is 20.8 Å². The second kappa shape index (κ2) is 8.63. The van der Waals surface area contributed by atoms with Gasteiger partial charge in [-0.25, -0.2) is 17.9 Å². The van der Waals surface area contributed by atoms with Crippen LogP contribution in [-0.2, 0) is 23.0 Å². The van der Waals surface area contributed by atoms with Gasteiger partial charge in [-0.15, -0.1) is 0 Å². The first-order valence-corrected chi connectivity index (χ1v) is 13.5. The summed E-state index contributed by atoms with van der Waals surface area (Å²) in [5, 5.41) is 3.17. The molecule has 5 rings (SSSR count). The number of carbonyl (C=O) groups is 1. The summed E-state index contributed by atoms with van der Waals surface area (Å²) < 4.78 is 27.9. The highest BCUT2D eigenvalue weighted by atomic mass is 32.2. The molecule has 0 unspecified atom stereocenters. The first kappa shape index (κ1) is 23.8. The zero-order valence-corrected chi connectivity index (χ0v) is 21.3. The number of carbonyl (C=O) groups excluding carboxylic acids is 1. The van der Waals surface area contributed by atoms with Crippen molar-refractivity contribution in [2.45, 2.75) is 39.8 Å². The predicted octanol–water partition coefficient (Wildman–Crippen LogP) is 3.26. The highest BCUT2D eigenvalue weighted by molar-refractivity contribution is 7.92. The van der Waals surface area contributed by atoms with Crippen molar-refractivity contribution < 1.29 is 13.2 Å². The number of anilines is 1. The molecule has 1 amide bonds. The van der Waals surface area contributed by atoms with Crippen LogP contribution < -0.4 is 10.3 Å². The maximum absolute atomic E-state index is 14.0. The summed E-state index contributed by atoms with van der Waals surface area (Å²) in [6.45, 7) is 5.72. The van der Waals surface area contributed by atoms with E-state index >= 15 is 0 Å². The summed E-state index contributed by atoms with van der Waals surface area (Å²) in [4.78, 5) is 33.1. The van der Waals surface area contributed by atoms with Crippen LogP contribution in [0.1, 0.15) is 50.0 Å². The van der Waals surface area contributed by atoms with Gasteiger partial charge in [0.25, 0.3) is 11.5 Å². The molecule has 1 aliphatic rings. The molecular formula is C26H27N5O4S. The number of aromatic amines is 1. The lowest BCUT2D eigenvalue weighted by Crippen LogP contribution is -2.39. The van der Waals surface area contributed by atoms with E-state index in [4.69, 9.17) is 0 Å². The van der Waals surface area contributed by atoms with Gasteiger partial charge in [0.15, 0.2) is 5.65 Å². The molecule has 0 aliphatic carbocycles. The van der Waals surface area contributed by atoms with Gasteiger partial charge in [-0.2, -0.15) is 0 Å². The molecule has 2 N–H and O–H groups in total. The molecule has 9 nitrogen and oxygen atoms in total. The van der Waals surface area contributed by atoms with Crippen molar-refractivity contribution >= 4 is 27.3 Å². The maximum Gasteiger partial charge on any atom is 0.275 e. The fourth-order valence-electron chi connectivity index (χ4n) is 4.70. The number of sulfonamides is 1. The number of nitrogens with zero attached hydrogens (tertiary/aromatic N) is 3. The Hall–Kier alpha value is -3.92. The number of hydrogen-bond donors (Lipinski definition) is 2. The van der Waals surface area contributed by atoms with Gasteiger partial charge in [-0.3, -0.25) is 19.4 Å². The van der Waals surface area contributed by atoms with Crippen LogP contribution in [0.2, 0.25) is 0 Å². The Morgan fingerprint density at radius 3 is 2.53 bits per heavy atom. The number of aryl methyl sites for hydroxylation is 2. The standard InChI is InChI=1S/C26H27N5O4S/c1-15-9-10-21(29-36(4,34)35)20(11-15)26(33)30-14-19-8-6-5-7-18(19)12-23(30)22-13-24-27-17(3)16(2)25(32)31(24)28-22/h5-11,13,23,28-29H,12,14H2,1-4H3/t23-/m0/s1. The third-order valence-electron chi connectivity index (χ3n) is 6.67. The Bertz CT molecular complexity index is 1690. The van der Waals surface area contributed by atoms with Crippen molar-refractivity contribution in [3.05, 3.63) is 98.1 Å². The molecule has 0 fully saturated rings. The topological polar surface area (TPSA) is 117 Å². The van der Waals surface area contributed by atoms with Gasteiger partial charge in [0, 0.05) is 23.9 Å². The van der Waals surface area contributed by atoms with Gasteiger partial charge >= 0.3 is 0 Å². The second-order valence-electron chi connectivity index (χ2n) is 9.38. The Balaban J connectivity index is 1.65. The molecule has 0 bridgehead atoms. The van der Waals surface area contributed by atoms with Crippen molar-refractivity contribution in [3.63, 3.8) is 0 Å². The van der Waals surface area contributed by atoms with Crippen molar-refractivity contribution in [2.75, 3.05) is 11.0 Å². The first-order valence-electron chi connectivity index (χ1n) is 11.6. The molecule has 36 heavy (non-hydrogen) atoms. The van der Waals surface area contributed by atoms with E-state index in [1.54, 1.807) is 43.0 Å². The number of amides is 1. The average Bonchev–Trinajstić information content (AvgIpc) is 3.25. The molecule has 4 aromatic rings. The molecule has 1 atom stereocenters. The smallest absolute Gasteiger partial charge is 0.275 e. The highest BCUT2D eigenvalue weighted by Gasteiger charge is 2.34. The SMILES string of the molecule is Cc1ccc(NS(C)(=O)=O)c(C(=O)N2Cc3ccccc3C[C@H]2c2cc3nc(C)c(C)c(=O)n3[nH]2)c1. The van der Waals surface area contributed by atoms with Crippen LogP contribution in [0.5, 0.6) is 0 Å². The third-order valence-corrected chi connectivity index (χ3v) is 7.26. The quantitative estimate of drug-likeness (QED) is 0.442. The normalized spacial score (nSPS) is 15.7. The van der Waals surface area contributed by atoms with E-state index in [-0.39, 0.29) is 22.7 Å². The van der Waals surface area contributed by atoms with E-state index in [2.05, 4.69) is 14.8 Å². The molecule has 10 heteroatoms. The second-order valence-corrected chi connectivity index (χ2v) is 11.1. The van der Waals surface area contributed by atoms with E-state index < -0.39 is 16.1 Å². The third kappa shape index (κ3) is 4.28. The molecule has 0 saturated carbocycles. The first-order chi connectivity index (χ1) is 17.0. The van der Waals surface area contributed by atoms with Gasteiger partial charge < -0.3 is 4.90 Å². The van der Waals surface area contributed by atoms with Crippen LogP contribution in [0.15, 0.2) is 53.3 Å². The van der Waals surface area contributed by atoms with Crippen LogP contribution >= 0.6 is 0 Å². The van der Waals surface area contributed by atoms with Gasteiger partial charge in [0.1, 0.15) is 0 Å². The summed E-state index contributed by atoms with van der Waals surface area (Å²) in [6, 6.07) is 14.4. The van der Waals surface area contributed by atoms with E-state index in [0.29, 0.717) is 35.6 Å². The van der Waals surface area contributed by atoms with Gasteiger partial charge in [0.2, 0.25) is 10.0 Å². The van der Waals surface area contributed by atoms with E-state index in [1.807, 2.05) is 31.2 Å². The molecule has 2 aromatic carbocycles. The Morgan fingerprint density at radius 2 is 1.81 bits per heavy atom. The zero-order valence-electron chi connectivity index (χ0n) is 20.5. The van der Waals surface area contributed by atoms with Gasteiger partial charge in [-0.1, -0.05) is 35.9 Å². The molecule has 1 aliphatic heterocycles. The van der Waals surface area contributed by atoms with E-state index in [9.17, 15) is 18.0 Å². The number of benzene rings is 2. The van der Waals surface area contributed by atoms with Gasteiger partial charge in [0.05, 0.1) is 29.2 Å². The largest absolute Gasteiger partial charge is 0.325 e. The maximum atomic E-state index is 14.0.